The van der Waals surface area contributed by atoms with Crippen LogP contribution in [0.4, 0.5) is 0 Å². The van der Waals surface area contributed by atoms with Crippen molar-refractivity contribution in [3.8, 4) is 37.0 Å². The van der Waals surface area contributed by atoms with Crippen LogP contribution < -0.4 is 10.6 Å². The van der Waals surface area contributed by atoms with Crippen molar-refractivity contribution >= 4 is 17.7 Å². The highest BCUT2D eigenvalue weighted by Gasteiger charge is 2.36. The average molecular weight is 647 g/mol. The molecule has 0 unspecified atom stereocenters. The summed E-state index contributed by atoms with van der Waals surface area (Å²) in [5.41, 5.74) is 0.858. The first kappa shape index (κ1) is 39.4. The highest BCUT2D eigenvalue weighted by atomic mass is 16.3. The van der Waals surface area contributed by atoms with Crippen molar-refractivity contribution in [2.45, 2.75) is 95.4 Å². The van der Waals surface area contributed by atoms with Crippen molar-refractivity contribution in [3.05, 3.63) is 35.9 Å². The second-order valence-corrected chi connectivity index (χ2v) is 12.8. The first-order valence-electron chi connectivity index (χ1n) is 16.8. The van der Waals surface area contributed by atoms with Crippen LogP contribution in [0.5, 0.6) is 0 Å². The second kappa shape index (κ2) is 21.1. The number of terminal acetylenes is 3. The van der Waals surface area contributed by atoms with E-state index in [0.29, 0.717) is 19.5 Å². The van der Waals surface area contributed by atoms with Gasteiger partial charge in [0.15, 0.2) is 0 Å². The molecule has 1 fully saturated rings. The predicted molar refractivity (Wildman–Crippen MR) is 185 cm³/mol. The van der Waals surface area contributed by atoms with Gasteiger partial charge in [0, 0.05) is 33.0 Å². The predicted octanol–water partition coefficient (Wildman–Crippen LogP) is 2.60. The summed E-state index contributed by atoms with van der Waals surface area (Å²) >= 11 is 0. The van der Waals surface area contributed by atoms with Crippen LogP contribution in [-0.4, -0.2) is 95.8 Å². The van der Waals surface area contributed by atoms with E-state index in [9.17, 15) is 24.6 Å². The molecule has 2 rings (SSSR count). The van der Waals surface area contributed by atoms with Crippen molar-refractivity contribution in [1.29, 1.82) is 0 Å². The molecular weight excluding hydrogens is 592 g/mol. The molecule has 1 saturated carbocycles. The van der Waals surface area contributed by atoms with Crippen molar-refractivity contribution in [2.75, 3.05) is 33.7 Å². The number of carbonyl (C=O) groups is 3. The highest BCUT2D eigenvalue weighted by molar-refractivity contribution is 5.91. The summed E-state index contributed by atoms with van der Waals surface area (Å²) in [6.07, 6.45) is 20.6. The Morgan fingerprint density at radius 3 is 2.21 bits per heavy atom. The molecule has 5 atom stereocenters. The van der Waals surface area contributed by atoms with Gasteiger partial charge in [-0.3, -0.25) is 14.4 Å². The molecule has 0 radical (unpaired) electrons. The maximum atomic E-state index is 13.9. The van der Waals surface area contributed by atoms with Gasteiger partial charge in [-0.2, -0.15) is 0 Å². The summed E-state index contributed by atoms with van der Waals surface area (Å²) in [7, 11) is 3.68. The van der Waals surface area contributed by atoms with Crippen molar-refractivity contribution < 1.29 is 24.6 Å². The SMILES string of the molecule is C#CCC[C@H](O)[C@H](O)[C@H](CC1CCCCC1)NC(=O)[C@@H](NC(=O)[C@@H](CC(=O)N(C)CCN(C)CC)Cc1ccccc1)C(C#C)C#C. The van der Waals surface area contributed by atoms with Gasteiger partial charge in [0.05, 0.1) is 18.1 Å². The second-order valence-electron chi connectivity index (χ2n) is 12.8. The van der Waals surface area contributed by atoms with E-state index in [2.05, 4.69) is 33.3 Å². The highest BCUT2D eigenvalue weighted by Crippen LogP contribution is 2.29. The lowest BCUT2D eigenvalue weighted by Gasteiger charge is -2.33. The number of amides is 3. The lowest BCUT2D eigenvalue weighted by molar-refractivity contribution is -0.137. The number of rotatable bonds is 19. The van der Waals surface area contributed by atoms with Crippen LogP contribution in [0, 0.1) is 54.8 Å². The van der Waals surface area contributed by atoms with Gasteiger partial charge in [-0.1, -0.05) is 81.2 Å². The van der Waals surface area contributed by atoms with Crippen molar-refractivity contribution in [1.82, 2.24) is 20.4 Å². The van der Waals surface area contributed by atoms with Crippen LogP contribution in [0.3, 0.4) is 0 Å². The smallest absolute Gasteiger partial charge is 0.245 e. The molecule has 9 heteroatoms. The Morgan fingerprint density at radius 1 is 0.957 bits per heavy atom. The molecule has 0 spiro atoms. The van der Waals surface area contributed by atoms with Crippen molar-refractivity contribution in [2.24, 2.45) is 17.8 Å². The van der Waals surface area contributed by atoms with E-state index >= 15 is 0 Å². The molecule has 3 amide bonds. The normalized spacial score (nSPS) is 16.5. The van der Waals surface area contributed by atoms with E-state index in [0.717, 1.165) is 44.2 Å². The molecule has 1 aliphatic carbocycles. The maximum absolute atomic E-state index is 13.9. The fourth-order valence-electron chi connectivity index (χ4n) is 5.95. The zero-order valence-corrected chi connectivity index (χ0v) is 28.4. The van der Waals surface area contributed by atoms with Gasteiger partial charge in [-0.15, -0.1) is 25.2 Å². The van der Waals surface area contributed by atoms with Crippen LogP contribution in [0.2, 0.25) is 0 Å². The van der Waals surface area contributed by atoms with E-state index in [4.69, 9.17) is 19.3 Å². The third-order valence-corrected chi connectivity index (χ3v) is 9.20. The van der Waals surface area contributed by atoms with Gasteiger partial charge in [0.1, 0.15) is 18.1 Å². The minimum Gasteiger partial charge on any atom is -0.390 e. The van der Waals surface area contributed by atoms with E-state index < -0.39 is 47.9 Å². The summed E-state index contributed by atoms with van der Waals surface area (Å²) in [4.78, 5) is 44.8. The number of hydrogen-bond acceptors (Lipinski definition) is 6. The Balaban J connectivity index is 2.31. The first-order valence-corrected chi connectivity index (χ1v) is 16.8. The molecule has 1 aromatic rings. The fourth-order valence-corrected chi connectivity index (χ4v) is 5.95. The van der Waals surface area contributed by atoms with Crippen LogP contribution in [0.1, 0.15) is 70.3 Å². The van der Waals surface area contributed by atoms with Crippen LogP contribution >= 0.6 is 0 Å². The molecule has 0 bridgehead atoms. The molecule has 0 saturated heterocycles. The Hall–Kier alpha value is -3.81. The third kappa shape index (κ3) is 13.4. The van der Waals surface area contributed by atoms with Gasteiger partial charge in [0.25, 0.3) is 0 Å². The standard InChI is InChI=1S/C38H54N4O5/c1-7-11-22-33(43)36(45)32(26-29-20-16-13-17-21-29)39-38(47)35(30(8-2)9-3)40-37(46)31(25-28-18-14-12-15-19-28)27-34(44)42(6)24-23-41(5)10-4/h1-3,12,14-15,18-19,29-33,35-36,43,45H,10-11,13,16-17,20-27H2,4-6H3,(H,39,47)(H,40,46)/t31-,32+,33+,35+,36-/m1/s1. The lowest BCUT2D eigenvalue weighted by atomic mass is 9.82. The Kier molecular flexibility index (Phi) is 17.7. The number of hydrogen-bond donors (Lipinski definition) is 4. The maximum Gasteiger partial charge on any atom is 0.245 e. The molecule has 1 aliphatic rings. The Morgan fingerprint density at radius 2 is 1.62 bits per heavy atom. The summed E-state index contributed by atoms with van der Waals surface area (Å²) in [5, 5.41) is 27.5. The quantitative estimate of drug-likeness (QED) is 0.172. The van der Waals surface area contributed by atoms with E-state index in [1.54, 1.807) is 11.9 Å². The van der Waals surface area contributed by atoms with Gasteiger partial charge in [0.2, 0.25) is 17.7 Å². The molecule has 0 heterocycles. The number of nitrogens with zero attached hydrogens (tertiary/aromatic N) is 2. The van der Waals surface area contributed by atoms with Crippen molar-refractivity contribution in [3.63, 3.8) is 0 Å². The van der Waals surface area contributed by atoms with Crippen LogP contribution in [0.25, 0.3) is 0 Å². The van der Waals surface area contributed by atoms with E-state index in [-0.39, 0.29) is 37.5 Å². The average Bonchev–Trinajstić information content (AvgIpc) is 3.09. The summed E-state index contributed by atoms with van der Waals surface area (Å²) in [5.74, 6) is 4.28. The summed E-state index contributed by atoms with van der Waals surface area (Å²) in [6, 6.07) is 7.20. The monoisotopic (exact) mass is 646 g/mol. The fraction of sp³-hybridized carbons (Fsp3) is 0.605. The molecule has 1 aromatic carbocycles. The summed E-state index contributed by atoms with van der Waals surface area (Å²) in [6.45, 7) is 4.07. The van der Waals surface area contributed by atoms with Gasteiger partial charge in [-0.05, 0) is 44.3 Å². The number of aliphatic hydroxyl groups is 2. The molecule has 4 N–H and O–H groups in total. The third-order valence-electron chi connectivity index (χ3n) is 9.20. The van der Waals surface area contributed by atoms with Gasteiger partial charge < -0.3 is 30.6 Å². The zero-order chi connectivity index (χ0) is 34.8. The zero-order valence-electron chi connectivity index (χ0n) is 28.4. The minimum absolute atomic E-state index is 0.0808. The van der Waals surface area contributed by atoms with E-state index in [1.807, 2.05) is 44.3 Å². The largest absolute Gasteiger partial charge is 0.390 e. The molecule has 9 nitrogen and oxygen atoms in total. The molecule has 47 heavy (non-hydrogen) atoms. The number of aliphatic hydroxyl groups excluding tert-OH is 2. The Bertz CT molecular complexity index is 1230. The Labute approximate surface area is 282 Å². The lowest BCUT2D eigenvalue weighted by Crippen LogP contribution is -2.57. The number of benzene rings is 1. The molecule has 0 aliphatic heterocycles. The number of likely N-dealkylation sites (N-methyl/N-ethyl adjacent to an activating group) is 2. The molecule has 0 aromatic heterocycles. The molecule has 256 valence electrons. The van der Waals surface area contributed by atoms with Gasteiger partial charge in [-0.25, -0.2) is 0 Å². The van der Waals surface area contributed by atoms with Gasteiger partial charge >= 0.3 is 0 Å². The summed E-state index contributed by atoms with van der Waals surface area (Å²) < 4.78 is 0. The van der Waals surface area contributed by atoms with E-state index in [1.165, 1.54) is 0 Å². The minimum atomic E-state index is -1.33. The van der Waals surface area contributed by atoms with Crippen LogP contribution in [0.15, 0.2) is 30.3 Å². The number of nitrogens with one attached hydrogen (secondary N) is 2. The first-order chi connectivity index (χ1) is 22.5. The van der Waals surface area contributed by atoms with Crippen LogP contribution in [-0.2, 0) is 20.8 Å². The number of carbonyl (C=O) groups excluding carboxylic acids is 3. The molecular formula is C38H54N4O5. The topological polar surface area (TPSA) is 122 Å².